The van der Waals surface area contributed by atoms with Gasteiger partial charge in [0.2, 0.25) is 0 Å². The number of carbonyl (C=O) groups excluding carboxylic acids is 1. The van der Waals surface area contributed by atoms with E-state index in [1.807, 2.05) is 0 Å². The SMILES string of the molecule is CC/C=C\C/C=C\C/C=C\C/C=C\C/C=C\CCCCCCOCC(COC1OC(COC2OC(CO)C(O)C(O)C2O)C(O)C(O)C1O)OC(=O)CCCCCCC/C=C\C/C=C\CCCCCC. The minimum absolute atomic E-state index is 0.0334. The molecule has 0 aromatic rings. The molecular formula is C56H94O14. The Kier molecular flexibility index (Phi) is 38.6. The lowest BCUT2D eigenvalue weighted by Crippen LogP contribution is -2.61. The Morgan fingerprint density at radius 3 is 1.46 bits per heavy atom. The van der Waals surface area contributed by atoms with Crippen LogP contribution in [0.15, 0.2) is 85.1 Å². The van der Waals surface area contributed by atoms with Gasteiger partial charge in [0.05, 0.1) is 26.4 Å². The molecule has 2 saturated heterocycles. The van der Waals surface area contributed by atoms with Crippen LogP contribution in [0.2, 0.25) is 0 Å². The second-order valence-corrected chi connectivity index (χ2v) is 18.3. The summed E-state index contributed by atoms with van der Waals surface area (Å²) in [5.74, 6) is -0.403. The average molecular weight is 991 g/mol. The molecule has 2 rings (SSSR count). The van der Waals surface area contributed by atoms with Crippen LogP contribution in [0, 0.1) is 0 Å². The van der Waals surface area contributed by atoms with E-state index in [0.29, 0.717) is 13.0 Å². The first-order valence-electron chi connectivity index (χ1n) is 26.7. The molecule has 0 saturated carbocycles. The normalized spacial score (nSPS) is 26.2. The highest BCUT2D eigenvalue weighted by atomic mass is 16.7. The Morgan fingerprint density at radius 2 is 0.929 bits per heavy atom. The zero-order valence-electron chi connectivity index (χ0n) is 42.7. The monoisotopic (exact) mass is 991 g/mol. The fraction of sp³-hybridized carbons (Fsp3) is 0.732. The van der Waals surface area contributed by atoms with Gasteiger partial charge in [-0.2, -0.15) is 0 Å². The van der Waals surface area contributed by atoms with E-state index in [4.69, 9.17) is 28.4 Å². The number of allylic oxidation sites excluding steroid dienone is 14. The molecule has 7 N–H and O–H groups in total. The Labute approximate surface area is 420 Å². The third-order valence-corrected chi connectivity index (χ3v) is 12.1. The molecule has 14 heteroatoms. The van der Waals surface area contributed by atoms with Crippen LogP contribution in [0.3, 0.4) is 0 Å². The first-order chi connectivity index (χ1) is 34.1. The minimum Gasteiger partial charge on any atom is -0.457 e. The van der Waals surface area contributed by atoms with Crippen molar-refractivity contribution in [2.24, 2.45) is 0 Å². The molecule has 0 aliphatic carbocycles. The number of unbranched alkanes of at least 4 members (excludes halogenated alkanes) is 13. The summed E-state index contributed by atoms with van der Waals surface area (Å²) in [4.78, 5) is 13.0. The highest BCUT2D eigenvalue weighted by Crippen LogP contribution is 2.26. The van der Waals surface area contributed by atoms with Gasteiger partial charge >= 0.3 is 5.97 Å². The minimum atomic E-state index is -1.72. The van der Waals surface area contributed by atoms with Crippen molar-refractivity contribution in [3.63, 3.8) is 0 Å². The van der Waals surface area contributed by atoms with Crippen LogP contribution in [-0.2, 0) is 33.2 Å². The van der Waals surface area contributed by atoms with Crippen molar-refractivity contribution >= 4 is 5.97 Å². The Balaban J connectivity index is 1.78. The number of esters is 1. The van der Waals surface area contributed by atoms with Crippen molar-refractivity contribution in [2.45, 2.75) is 229 Å². The Morgan fingerprint density at radius 1 is 0.486 bits per heavy atom. The van der Waals surface area contributed by atoms with Crippen LogP contribution >= 0.6 is 0 Å². The van der Waals surface area contributed by atoms with E-state index in [-0.39, 0.29) is 19.6 Å². The third-order valence-electron chi connectivity index (χ3n) is 12.1. The van der Waals surface area contributed by atoms with Crippen molar-refractivity contribution in [3.8, 4) is 0 Å². The molecule has 11 atom stereocenters. The summed E-state index contributed by atoms with van der Waals surface area (Å²) in [6.07, 6.45) is 37.8. The maximum absolute atomic E-state index is 13.0. The number of carbonyl (C=O) groups is 1. The van der Waals surface area contributed by atoms with Crippen molar-refractivity contribution in [1.29, 1.82) is 0 Å². The maximum atomic E-state index is 13.0. The molecule has 2 heterocycles. The molecule has 2 fully saturated rings. The summed E-state index contributed by atoms with van der Waals surface area (Å²) in [6, 6.07) is 0. The highest BCUT2D eigenvalue weighted by molar-refractivity contribution is 5.69. The lowest BCUT2D eigenvalue weighted by Gasteiger charge is -2.42. The van der Waals surface area contributed by atoms with Crippen molar-refractivity contribution < 1.29 is 69.0 Å². The number of rotatable bonds is 41. The fourth-order valence-electron chi connectivity index (χ4n) is 7.81. The van der Waals surface area contributed by atoms with E-state index in [2.05, 4.69) is 98.9 Å². The second-order valence-electron chi connectivity index (χ2n) is 18.3. The van der Waals surface area contributed by atoms with Gasteiger partial charge in [-0.3, -0.25) is 4.79 Å². The van der Waals surface area contributed by atoms with Crippen LogP contribution in [0.1, 0.15) is 162 Å². The number of aliphatic hydroxyl groups excluding tert-OH is 7. The predicted octanol–water partition coefficient (Wildman–Crippen LogP) is 8.46. The second kappa shape index (κ2) is 42.7. The van der Waals surface area contributed by atoms with E-state index in [1.165, 1.54) is 25.7 Å². The molecule has 402 valence electrons. The zero-order chi connectivity index (χ0) is 50.9. The van der Waals surface area contributed by atoms with Crippen LogP contribution in [0.25, 0.3) is 0 Å². The molecule has 0 radical (unpaired) electrons. The molecule has 0 aromatic carbocycles. The van der Waals surface area contributed by atoms with Crippen LogP contribution < -0.4 is 0 Å². The first kappa shape index (κ1) is 63.3. The molecule has 14 nitrogen and oxygen atoms in total. The summed E-state index contributed by atoms with van der Waals surface area (Å²) in [5, 5.41) is 72.2. The van der Waals surface area contributed by atoms with E-state index in [1.54, 1.807) is 0 Å². The molecule has 0 bridgehead atoms. The number of aliphatic hydroxyl groups is 7. The highest BCUT2D eigenvalue weighted by Gasteiger charge is 2.47. The van der Waals surface area contributed by atoms with Crippen molar-refractivity contribution in [3.05, 3.63) is 85.1 Å². The zero-order valence-corrected chi connectivity index (χ0v) is 42.7. The maximum Gasteiger partial charge on any atom is 0.306 e. The topological polar surface area (TPSA) is 214 Å². The molecule has 0 amide bonds. The predicted molar refractivity (Wildman–Crippen MR) is 275 cm³/mol. The molecule has 2 aliphatic heterocycles. The fourth-order valence-corrected chi connectivity index (χ4v) is 7.81. The van der Waals surface area contributed by atoms with E-state index in [0.717, 1.165) is 109 Å². The summed E-state index contributed by atoms with van der Waals surface area (Å²) in [5.41, 5.74) is 0. The quantitative estimate of drug-likeness (QED) is 0.0174. The van der Waals surface area contributed by atoms with Gasteiger partial charge in [-0.1, -0.05) is 150 Å². The molecule has 70 heavy (non-hydrogen) atoms. The molecule has 0 aromatic heterocycles. The summed E-state index contributed by atoms with van der Waals surface area (Å²) in [6.45, 7) is 3.45. The van der Waals surface area contributed by atoms with Gasteiger partial charge in [0, 0.05) is 13.0 Å². The van der Waals surface area contributed by atoms with Gasteiger partial charge < -0.3 is 64.2 Å². The lowest BCUT2D eigenvalue weighted by atomic mass is 9.98. The molecular weight excluding hydrogens is 897 g/mol. The summed E-state index contributed by atoms with van der Waals surface area (Å²) < 4.78 is 34.3. The smallest absolute Gasteiger partial charge is 0.306 e. The summed E-state index contributed by atoms with van der Waals surface area (Å²) >= 11 is 0. The van der Waals surface area contributed by atoms with Gasteiger partial charge in [-0.05, 0) is 89.9 Å². The first-order valence-corrected chi connectivity index (χ1v) is 26.7. The largest absolute Gasteiger partial charge is 0.457 e. The van der Waals surface area contributed by atoms with E-state index in [9.17, 15) is 40.5 Å². The van der Waals surface area contributed by atoms with Crippen molar-refractivity contribution in [2.75, 3.05) is 33.0 Å². The Hall–Kier alpha value is -2.83. The third kappa shape index (κ3) is 29.6. The number of hydrogen-bond acceptors (Lipinski definition) is 14. The van der Waals surface area contributed by atoms with Crippen molar-refractivity contribution in [1.82, 2.24) is 0 Å². The van der Waals surface area contributed by atoms with Crippen LogP contribution in [-0.4, -0.2) is 142 Å². The van der Waals surface area contributed by atoms with Gasteiger partial charge in [0.15, 0.2) is 12.6 Å². The van der Waals surface area contributed by atoms with Gasteiger partial charge in [0.1, 0.15) is 54.9 Å². The van der Waals surface area contributed by atoms with Gasteiger partial charge in [0.25, 0.3) is 0 Å². The van der Waals surface area contributed by atoms with E-state index < -0.39 is 86.7 Å². The van der Waals surface area contributed by atoms with Crippen LogP contribution in [0.5, 0.6) is 0 Å². The summed E-state index contributed by atoms with van der Waals surface area (Å²) in [7, 11) is 0. The molecule has 0 spiro atoms. The number of hydrogen-bond donors (Lipinski definition) is 7. The van der Waals surface area contributed by atoms with E-state index >= 15 is 0 Å². The van der Waals surface area contributed by atoms with Crippen LogP contribution in [0.4, 0.5) is 0 Å². The standard InChI is InChI=1S/C56H94O14/c1-3-5-7-9-11-13-15-17-19-21-22-23-24-26-28-30-32-34-36-38-40-65-42-45(68-48(58)39-37-35-33-31-29-27-25-20-18-16-14-12-10-8-6-4-2)43-66-55-54(64)52(62)50(60)47(70-55)44-67-56-53(63)51(61)49(59)46(41-57)69-56/h5,7,11,13-14,16-17,19-20,22-23,25-26,28,45-47,49-57,59-64H,3-4,6,8-10,12,15,18,21,24,27,29-44H2,1-2H3/b7-5-,13-11-,16-14-,19-17-,23-22-,25-20-,28-26-. The van der Waals surface area contributed by atoms with Gasteiger partial charge in [-0.25, -0.2) is 0 Å². The Bertz CT molecular complexity index is 1480. The lowest BCUT2D eigenvalue weighted by molar-refractivity contribution is -0.332. The molecule has 11 unspecified atom stereocenters. The van der Waals surface area contributed by atoms with Gasteiger partial charge in [-0.15, -0.1) is 0 Å². The number of ether oxygens (including phenoxy) is 6. The molecule has 2 aliphatic rings. The average Bonchev–Trinajstić information content (AvgIpc) is 3.36.